The molecular weight excluding hydrogens is 300 g/mol. The fraction of sp³-hybridized carbons (Fsp3) is 0.100. The van der Waals surface area contributed by atoms with Crippen LogP contribution in [0.3, 0.4) is 0 Å². The third kappa shape index (κ3) is 2.47. The highest BCUT2D eigenvalue weighted by molar-refractivity contribution is 5.81. The number of fused-ring (bicyclic) bond motifs is 1. The summed E-state index contributed by atoms with van der Waals surface area (Å²) in [7, 11) is 0. The van der Waals surface area contributed by atoms with E-state index in [1.165, 1.54) is 6.33 Å². The lowest BCUT2D eigenvalue weighted by Gasteiger charge is -2.26. The van der Waals surface area contributed by atoms with Gasteiger partial charge in [0.15, 0.2) is 5.60 Å². The molecule has 24 heavy (non-hydrogen) atoms. The van der Waals surface area contributed by atoms with Gasteiger partial charge >= 0.3 is 0 Å². The molecule has 2 heterocycles. The number of furan rings is 1. The van der Waals surface area contributed by atoms with Crippen molar-refractivity contribution in [2.45, 2.75) is 12.0 Å². The van der Waals surface area contributed by atoms with Crippen molar-refractivity contribution in [3.63, 3.8) is 0 Å². The third-order valence-corrected chi connectivity index (χ3v) is 4.17. The van der Waals surface area contributed by atoms with E-state index in [-0.39, 0.29) is 0 Å². The van der Waals surface area contributed by atoms with E-state index in [9.17, 15) is 5.11 Å². The van der Waals surface area contributed by atoms with Crippen LogP contribution in [0.5, 0.6) is 0 Å². The van der Waals surface area contributed by atoms with Gasteiger partial charge in [0.1, 0.15) is 12.1 Å². The highest BCUT2D eigenvalue weighted by Gasteiger charge is 2.37. The highest BCUT2D eigenvalue weighted by atomic mass is 16.4. The molecule has 0 spiro atoms. The minimum absolute atomic E-state index is 0.363. The van der Waals surface area contributed by atoms with E-state index in [0.717, 1.165) is 16.5 Å². The van der Waals surface area contributed by atoms with Crippen LogP contribution in [-0.4, -0.2) is 15.1 Å². The Morgan fingerprint density at radius 1 is 0.875 bits per heavy atom. The molecule has 2 aromatic heterocycles. The van der Waals surface area contributed by atoms with Gasteiger partial charge in [0.05, 0.1) is 17.5 Å². The minimum atomic E-state index is -1.37. The standard InChI is InChI=1S/C20H16N2O2/c23-20(18-11-6-12-24-18,13-15-7-2-1-3-8-15)19-16-9-4-5-10-17(16)21-14-22-19/h1-12,14,23H,13H2. The van der Waals surface area contributed by atoms with Gasteiger partial charge in [0.2, 0.25) is 0 Å². The Labute approximate surface area is 139 Å². The van der Waals surface area contributed by atoms with Gasteiger partial charge in [0, 0.05) is 11.8 Å². The summed E-state index contributed by atoms with van der Waals surface area (Å²) in [4.78, 5) is 8.70. The van der Waals surface area contributed by atoms with Gasteiger partial charge in [-0.05, 0) is 23.8 Å². The van der Waals surface area contributed by atoms with Crippen molar-refractivity contribution in [3.05, 3.63) is 96.3 Å². The normalized spacial score (nSPS) is 13.7. The number of hydrogen-bond donors (Lipinski definition) is 1. The van der Waals surface area contributed by atoms with Gasteiger partial charge in [0.25, 0.3) is 0 Å². The molecule has 0 saturated heterocycles. The van der Waals surface area contributed by atoms with Gasteiger partial charge in [-0.2, -0.15) is 0 Å². The molecule has 0 fully saturated rings. The average molecular weight is 316 g/mol. The number of aromatic nitrogens is 2. The summed E-state index contributed by atoms with van der Waals surface area (Å²) in [5, 5.41) is 12.4. The fourth-order valence-corrected chi connectivity index (χ4v) is 3.03. The van der Waals surface area contributed by atoms with E-state index in [0.29, 0.717) is 17.9 Å². The zero-order valence-electron chi connectivity index (χ0n) is 13.0. The van der Waals surface area contributed by atoms with E-state index in [1.54, 1.807) is 18.4 Å². The molecule has 118 valence electrons. The number of para-hydroxylation sites is 1. The summed E-state index contributed by atoms with van der Waals surface area (Å²) in [5.41, 5.74) is 0.972. The molecular formula is C20H16N2O2. The van der Waals surface area contributed by atoms with Crippen molar-refractivity contribution in [1.82, 2.24) is 9.97 Å². The lowest BCUT2D eigenvalue weighted by molar-refractivity contribution is 0.0541. The molecule has 1 N–H and O–H groups in total. The summed E-state index contributed by atoms with van der Waals surface area (Å²) in [6.45, 7) is 0. The Kier molecular flexibility index (Phi) is 3.59. The first-order chi connectivity index (χ1) is 11.8. The number of hydrogen-bond acceptors (Lipinski definition) is 4. The maximum Gasteiger partial charge on any atom is 0.168 e. The third-order valence-electron chi connectivity index (χ3n) is 4.17. The molecule has 1 atom stereocenters. The smallest absolute Gasteiger partial charge is 0.168 e. The van der Waals surface area contributed by atoms with E-state index >= 15 is 0 Å². The SMILES string of the molecule is OC(Cc1ccccc1)(c1ccco1)c1ncnc2ccccc12. The van der Waals surface area contributed by atoms with Gasteiger partial charge in [-0.25, -0.2) is 9.97 Å². The van der Waals surface area contributed by atoms with Crippen LogP contribution in [0.2, 0.25) is 0 Å². The number of nitrogens with zero attached hydrogens (tertiary/aromatic N) is 2. The number of benzene rings is 2. The van der Waals surface area contributed by atoms with Gasteiger partial charge in [-0.3, -0.25) is 0 Å². The molecule has 4 nitrogen and oxygen atoms in total. The largest absolute Gasteiger partial charge is 0.466 e. The summed E-state index contributed by atoms with van der Waals surface area (Å²) in [5.74, 6) is 0.468. The van der Waals surface area contributed by atoms with E-state index < -0.39 is 5.60 Å². The Bertz CT molecular complexity index is 946. The van der Waals surface area contributed by atoms with Gasteiger partial charge < -0.3 is 9.52 Å². The first-order valence-corrected chi connectivity index (χ1v) is 7.78. The minimum Gasteiger partial charge on any atom is -0.466 e. The average Bonchev–Trinajstić information content (AvgIpc) is 3.17. The van der Waals surface area contributed by atoms with Crippen LogP contribution in [-0.2, 0) is 12.0 Å². The lowest BCUT2D eigenvalue weighted by Crippen LogP contribution is -2.31. The molecule has 0 saturated carbocycles. The molecule has 0 aliphatic rings. The predicted molar refractivity (Wildman–Crippen MR) is 91.4 cm³/mol. The zero-order chi connectivity index (χ0) is 16.4. The molecule has 0 amide bonds. The van der Waals surface area contributed by atoms with Crippen molar-refractivity contribution in [1.29, 1.82) is 0 Å². The Morgan fingerprint density at radius 2 is 1.67 bits per heavy atom. The summed E-state index contributed by atoms with van der Waals surface area (Å²) in [6.07, 6.45) is 3.41. The van der Waals surface area contributed by atoms with Crippen molar-refractivity contribution >= 4 is 10.9 Å². The summed E-state index contributed by atoms with van der Waals surface area (Å²) >= 11 is 0. The van der Waals surface area contributed by atoms with E-state index in [2.05, 4.69) is 9.97 Å². The monoisotopic (exact) mass is 316 g/mol. The van der Waals surface area contributed by atoms with E-state index in [4.69, 9.17) is 4.42 Å². The van der Waals surface area contributed by atoms with Crippen molar-refractivity contribution < 1.29 is 9.52 Å². The summed E-state index contributed by atoms with van der Waals surface area (Å²) in [6, 6.07) is 21.0. The van der Waals surface area contributed by atoms with E-state index in [1.807, 2.05) is 54.6 Å². The van der Waals surface area contributed by atoms with Crippen LogP contribution in [0.15, 0.2) is 83.7 Å². The number of rotatable bonds is 4. The van der Waals surface area contributed by atoms with Crippen LogP contribution >= 0.6 is 0 Å². The molecule has 0 aliphatic carbocycles. The fourth-order valence-electron chi connectivity index (χ4n) is 3.03. The Morgan fingerprint density at radius 3 is 2.46 bits per heavy atom. The topological polar surface area (TPSA) is 59.2 Å². The molecule has 0 aliphatic heterocycles. The Balaban J connectivity index is 1.93. The van der Waals surface area contributed by atoms with Crippen LogP contribution < -0.4 is 0 Å². The van der Waals surface area contributed by atoms with Crippen molar-refractivity contribution in [2.24, 2.45) is 0 Å². The highest BCUT2D eigenvalue weighted by Crippen LogP contribution is 2.35. The van der Waals surface area contributed by atoms with Crippen LogP contribution in [0.25, 0.3) is 10.9 Å². The van der Waals surface area contributed by atoms with Crippen molar-refractivity contribution in [3.8, 4) is 0 Å². The van der Waals surface area contributed by atoms with Crippen LogP contribution in [0.1, 0.15) is 17.0 Å². The van der Waals surface area contributed by atoms with Crippen LogP contribution in [0, 0.1) is 0 Å². The number of aliphatic hydroxyl groups is 1. The zero-order valence-corrected chi connectivity index (χ0v) is 13.0. The molecule has 1 unspecified atom stereocenters. The molecule has 0 bridgehead atoms. The van der Waals surface area contributed by atoms with Gasteiger partial charge in [-0.1, -0.05) is 48.5 Å². The molecule has 4 heteroatoms. The second kappa shape index (κ2) is 5.91. The molecule has 2 aromatic carbocycles. The first-order valence-electron chi connectivity index (χ1n) is 7.78. The maximum atomic E-state index is 11.6. The second-order valence-corrected chi connectivity index (χ2v) is 5.74. The van der Waals surface area contributed by atoms with Crippen molar-refractivity contribution in [2.75, 3.05) is 0 Å². The molecule has 4 rings (SSSR count). The second-order valence-electron chi connectivity index (χ2n) is 5.74. The molecule has 0 radical (unpaired) electrons. The van der Waals surface area contributed by atoms with Crippen LogP contribution in [0.4, 0.5) is 0 Å². The predicted octanol–water partition coefficient (Wildman–Crippen LogP) is 3.70. The quantitative estimate of drug-likeness (QED) is 0.623. The summed E-state index contributed by atoms with van der Waals surface area (Å²) < 4.78 is 5.56. The van der Waals surface area contributed by atoms with Gasteiger partial charge in [-0.15, -0.1) is 0 Å². The molecule has 4 aromatic rings. The Hall–Kier alpha value is -2.98. The lowest BCUT2D eigenvalue weighted by atomic mass is 9.86. The maximum absolute atomic E-state index is 11.6. The first kappa shape index (κ1) is 14.6.